The molecule has 0 spiro atoms. The lowest BCUT2D eigenvalue weighted by atomic mass is 10.1. The van der Waals surface area contributed by atoms with Crippen molar-refractivity contribution >= 4 is 16.9 Å². The summed E-state index contributed by atoms with van der Waals surface area (Å²) in [5.74, 6) is -1.47. The van der Waals surface area contributed by atoms with Gasteiger partial charge in [-0.05, 0) is 37.6 Å². The fourth-order valence-electron chi connectivity index (χ4n) is 1.84. The van der Waals surface area contributed by atoms with Crippen LogP contribution < -0.4 is 5.73 Å². The van der Waals surface area contributed by atoms with Gasteiger partial charge in [-0.1, -0.05) is 0 Å². The predicted octanol–water partition coefficient (Wildman–Crippen LogP) is 1.96. The first-order chi connectivity index (χ1) is 8.61. The highest BCUT2D eigenvalue weighted by atomic mass is 19.1. The topological polar surface area (TPSA) is 76.2 Å². The molecule has 0 aliphatic heterocycles. The first kappa shape index (κ1) is 12.4. The Morgan fingerprint density at radius 1 is 1.39 bits per heavy atom. The van der Waals surface area contributed by atoms with Gasteiger partial charge in [0.05, 0.1) is 11.1 Å². The van der Waals surface area contributed by atoms with Crippen molar-refractivity contribution in [3.63, 3.8) is 0 Å². The molecule has 2 rings (SSSR count). The molecule has 3 N–H and O–H groups in total. The number of pyridine rings is 1. The zero-order valence-electron chi connectivity index (χ0n) is 9.69. The number of benzene rings is 1. The molecule has 0 saturated heterocycles. The summed E-state index contributed by atoms with van der Waals surface area (Å²) in [4.78, 5) is 15.4. The SMILES string of the molecule is NCCCc1cc(C(=O)O)c2ccc(F)cc2n1. The van der Waals surface area contributed by atoms with Crippen LogP contribution in [0.4, 0.5) is 4.39 Å². The van der Waals surface area contributed by atoms with Crippen LogP contribution >= 0.6 is 0 Å². The van der Waals surface area contributed by atoms with Gasteiger partial charge in [-0.3, -0.25) is 4.98 Å². The summed E-state index contributed by atoms with van der Waals surface area (Å²) < 4.78 is 13.1. The Kier molecular flexibility index (Phi) is 3.53. The van der Waals surface area contributed by atoms with Gasteiger partial charge < -0.3 is 10.8 Å². The number of fused-ring (bicyclic) bond motifs is 1. The van der Waals surface area contributed by atoms with Gasteiger partial charge in [0.2, 0.25) is 0 Å². The zero-order chi connectivity index (χ0) is 13.1. The fraction of sp³-hybridized carbons (Fsp3) is 0.231. The van der Waals surface area contributed by atoms with Crippen LogP contribution in [0.2, 0.25) is 0 Å². The van der Waals surface area contributed by atoms with Crippen molar-refractivity contribution in [2.24, 2.45) is 5.73 Å². The molecular weight excluding hydrogens is 235 g/mol. The van der Waals surface area contributed by atoms with Crippen molar-refractivity contribution in [3.8, 4) is 0 Å². The van der Waals surface area contributed by atoms with Crippen molar-refractivity contribution in [1.29, 1.82) is 0 Å². The number of carboxylic acid groups (broad SMARTS) is 1. The van der Waals surface area contributed by atoms with Gasteiger partial charge in [-0.15, -0.1) is 0 Å². The minimum atomic E-state index is -1.04. The van der Waals surface area contributed by atoms with E-state index in [-0.39, 0.29) is 5.56 Å². The molecule has 1 aromatic heterocycles. The van der Waals surface area contributed by atoms with Crippen LogP contribution in [0.25, 0.3) is 10.9 Å². The number of aromatic nitrogens is 1. The number of carboxylic acids is 1. The van der Waals surface area contributed by atoms with Gasteiger partial charge in [0, 0.05) is 17.1 Å². The normalized spacial score (nSPS) is 10.8. The number of nitrogens with zero attached hydrogens (tertiary/aromatic N) is 1. The van der Waals surface area contributed by atoms with Crippen LogP contribution in [-0.2, 0) is 6.42 Å². The lowest BCUT2D eigenvalue weighted by Gasteiger charge is -2.06. The van der Waals surface area contributed by atoms with Gasteiger partial charge in [-0.2, -0.15) is 0 Å². The Bertz CT molecular complexity index is 599. The number of hydrogen-bond donors (Lipinski definition) is 2. The van der Waals surface area contributed by atoms with Crippen LogP contribution in [0.15, 0.2) is 24.3 Å². The van der Waals surface area contributed by atoms with E-state index < -0.39 is 11.8 Å². The smallest absolute Gasteiger partial charge is 0.336 e. The monoisotopic (exact) mass is 248 g/mol. The maximum Gasteiger partial charge on any atom is 0.336 e. The van der Waals surface area contributed by atoms with Gasteiger partial charge in [0.25, 0.3) is 0 Å². The maximum atomic E-state index is 13.1. The number of nitrogens with two attached hydrogens (primary N) is 1. The molecule has 0 saturated carbocycles. The summed E-state index contributed by atoms with van der Waals surface area (Å²) in [6.07, 6.45) is 1.30. The highest BCUT2D eigenvalue weighted by Crippen LogP contribution is 2.20. The van der Waals surface area contributed by atoms with E-state index in [9.17, 15) is 9.18 Å². The van der Waals surface area contributed by atoms with Crippen LogP contribution in [0, 0.1) is 5.82 Å². The standard InChI is InChI=1S/C13H13FN2O2/c14-8-3-4-10-11(13(17)18)7-9(2-1-5-15)16-12(10)6-8/h3-4,6-7H,1-2,5,15H2,(H,17,18). The summed E-state index contributed by atoms with van der Waals surface area (Å²) in [6, 6.07) is 5.44. The number of carbonyl (C=O) groups is 1. The molecule has 0 fully saturated rings. The molecule has 4 nitrogen and oxygen atoms in total. The summed E-state index contributed by atoms with van der Waals surface area (Å²) in [5, 5.41) is 9.60. The molecule has 0 aliphatic carbocycles. The first-order valence-corrected chi connectivity index (χ1v) is 5.64. The summed E-state index contributed by atoms with van der Waals surface area (Å²) in [5.41, 5.74) is 6.54. The lowest BCUT2D eigenvalue weighted by molar-refractivity contribution is 0.0699. The molecule has 94 valence electrons. The lowest BCUT2D eigenvalue weighted by Crippen LogP contribution is -2.05. The number of halogens is 1. The van der Waals surface area contributed by atoms with E-state index in [1.807, 2.05) is 0 Å². The first-order valence-electron chi connectivity index (χ1n) is 5.64. The van der Waals surface area contributed by atoms with E-state index in [4.69, 9.17) is 10.8 Å². The van der Waals surface area contributed by atoms with Gasteiger partial charge in [0.15, 0.2) is 0 Å². The van der Waals surface area contributed by atoms with Crippen molar-refractivity contribution in [3.05, 3.63) is 41.3 Å². The van der Waals surface area contributed by atoms with E-state index in [1.54, 1.807) is 0 Å². The molecule has 2 aromatic rings. The minimum Gasteiger partial charge on any atom is -0.478 e. The molecule has 1 heterocycles. The molecule has 0 amide bonds. The molecule has 0 aliphatic rings. The summed E-state index contributed by atoms with van der Waals surface area (Å²) in [6.45, 7) is 0.505. The van der Waals surface area contributed by atoms with Crippen molar-refractivity contribution < 1.29 is 14.3 Å². The Labute approximate surface area is 103 Å². The molecule has 0 bridgehead atoms. The average Bonchev–Trinajstić information content (AvgIpc) is 2.34. The second-order valence-electron chi connectivity index (χ2n) is 4.02. The second-order valence-corrected chi connectivity index (χ2v) is 4.02. The van der Waals surface area contributed by atoms with Crippen molar-refractivity contribution in [1.82, 2.24) is 4.98 Å². The largest absolute Gasteiger partial charge is 0.478 e. The van der Waals surface area contributed by atoms with E-state index in [1.165, 1.54) is 24.3 Å². The molecular formula is C13H13FN2O2. The fourth-order valence-corrected chi connectivity index (χ4v) is 1.84. The Morgan fingerprint density at radius 2 is 2.17 bits per heavy atom. The number of aromatic carboxylic acids is 1. The maximum absolute atomic E-state index is 13.1. The van der Waals surface area contributed by atoms with Gasteiger partial charge >= 0.3 is 5.97 Å². The van der Waals surface area contributed by atoms with E-state index in [0.29, 0.717) is 36.0 Å². The summed E-state index contributed by atoms with van der Waals surface area (Å²) in [7, 11) is 0. The zero-order valence-corrected chi connectivity index (χ0v) is 9.69. The highest BCUT2D eigenvalue weighted by Gasteiger charge is 2.12. The molecule has 0 atom stereocenters. The molecule has 1 aromatic carbocycles. The van der Waals surface area contributed by atoms with E-state index >= 15 is 0 Å². The van der Waals surface area contributed by atoms with Crippen molar-refractivity contribution in [2.75, 3.05) is 6.54 Å². The Hall–Kier alpha value is -2.01. The van der Waals surface area contributed by atoms with Gasteiger partial charge in [0.1, 0.15) is 5.82 Å². The van der Waals surface area contributed by atoms with Crippen LogP contribution in [0.1, 0.15) is 22.5 Å². The predicted molar refractivity (Wildman–Crippen MR) is 66.0 cm³/mol. The van der Waals surface area contributed by atoms with Crippen molar-refractivity contribution in [2.45, 2.75) is 12.8 Å². The quantitative estimate of drug-likeness (QED) is 0.867. The van der Waals surface area contributed by atoms with E-state index in [0.717, 1.165) is 0 Å². The molecule has 18 heavy (non-hydrogen) atoms. The third kappa shape index (κ3) is 2.46. The minimum absolute atomic E-state index is 0.145. The highest BCUT2D eigenvalue weighted by molar-refractivity contribution is 6.02. The van der Waals surface area contributed by atoms with E-state index in [2.05, 4.69) is 4.98 Å². The Balaban J connectivity index is 2.59. The second kappa shape index (κ2) is 5.10. The summed E-state index contributed by atoms with van der Waals surface area (Å²) >= 11 is 0. The number of rotatable bonds is 4. The third-order valence-electron chi connectivity index (χ3n) is 2.69. The van der Waals surface area contributed by atoms with Crippen LogP contribution in [0.3, 0.4) is 0 Å². The molecule has 5 heteroatoms. The number of hydrogen-bond acceptors (Lipinski definition) is 3. The Morgan fingerprint density at radius 3 is 2.83 bits per heavy atom. The van der Waals surface area contributed by atoms with Crippen LogP contribution in [-0.4, -0.2) is 22.6 Å². The molecule has 0 radical (unpaired) electrons. The average molecular weight is 248 g/mol. The molecule has 0 unspecified atom stereocenters. The van der Waals surface area contributed by atoms with Gasteiger partial charge in [-0.25, -0.2) is 9.18 Å². The van der Waals surface area contributed by atoms with Crippen LogP contribution in [0.5, 0.6) is 0 Å². The third-order valence-corrected chi connectivity index (χ3v) is 2.69. The number of aryl methyl sites for hydroxylation is 1.